The second kappa shape index (κ2) is 6.23. The highest BCUT2D eigenvalue weighted by molar-refractivity contribution is 5.96. The molecule has 0 bridgehead atoms. The predicted molar refractivity (Wildman–Crippen MR) is 77.2 cm³/mol. The molecule has 1 aromatic carbocycles. The molecule has 0 spiro atoms. The van der Waals surface area contributed by atoms with Crippen LogP contribution in [0.25, 0.3) is 0 Å². The Labute approximate surface area is 113 Å². The van der Waals surface area contributed by atoms with Gasteiger partial charge in [-0.05, 0) is 44.0 Å². The van der Waals surface area contributed by atoms with Crippen molar-refractivity contribution in [2.24, 2.45) is 4.99 Å². The number of ether oxygens (including phenoxy) is 1. The van der Waals surface area contributed by atoms with Gasteiger partial charge in [-0.3, -0.25) is 4.99 Å². The Morgan fingerprint density at radius 1 is 1.21 bits per heavy atom. The van der Waals surface area contributed by atoms with Crippen LogP contribution in [-0.2, 0) is 6.42 Å². The molecule has 1 heterocycles. The van der Waals surface area contributed by atoms with Crippen LogP contribution in [0, 0.1) is 6.92 Å². The van der Waals surface area contributed by atoms with E-state index in [1.807, 2.05) is 44.2 Å². The number of aryl methyl sites for hydroxylation is 1. The van der Waals surface area contributed by atoms with Crippen LogP contribution in [0.15, 0.2) is 45.8 Å². The molecule has 0 atom stereocenters. The van der Waals surface area contributed by atoms with Crippen LogP contribution in [0.5, 0.6) is 5.75 Å². The van der Waals surface area contributed by atoms with E-state index >= 15 is 0 Å². The molecule has 0 fully saturated rings. The fourth-order valence-corrected chi connectivity index (χ4v) is 1.96. The van der Waals surface area contributed by atoms with E-state index in [-0.39, 0.29) is 0 Å². The molecule has 0 saturated heterocycles. The average molecular weight is 257 g/mol. The summed E-state index contributed by atoms with van der Waals surface area (Å²) in [5, 5.41) is 0. The molecule has 100 valence electrons. The van der Waals surface area contributed by atoms with Crippen LogP contribution in [0.2, 0.25) is 0 Å². The van der Waals surface area contributed by atoms with Crippen LogP contribution in [-0.4, -0.2) is 19.4 Å². The summed E-state index contributed by atoms with van der Waals surface area (Å²) in [6.45, 7) is 4.64. The van der Waals surface area contributed by atoms with Crippen molar-refractivity contribution in [1.29, 1.82) is 0 Å². The highest BCUT2D eigenvalue weighted by Crippen LogP contribution is 2.17. The van der Waals surface area contributed by atoms with Crippen molar-refractivity contribution in [3.05, 3.63) is 53.5 Å². The Morgan fingerprint density at radius 2 is 2.00 bits per heavy atom. The van der Waals surface area contributed by atoms with Crippen LogP contribution in [0.3, 0.4) is 0 Å². The van der Waals surface area contributed by atoms with Gasteiger partial charge in [0.15, 0.2) is 0 Å². The van der Waals surface area contributed by atoms with Crippen molar-refractivity contribution < 1.29 is 9.15 Å². The van der Waals surface area contributed by atoms with Gasteiger partial charge in [-0.15, -0.1) is 0 Å². The molecule has 0 N–H and O–H groups in total. The lowest BCUT2D eigenvalue weighted by atomic mass is 10.1. The summed E-state index contributed by atoms with van der Waals surface area (Å²) < 4.78 is 10.9. The van der Waals surface area contributed by atoms with Gasteiger partial charge in [-0.25, -0.2) is 0 Å². The smallest absolute Gasteiger partial charge is 0.147 e. The standard InChI is InChI=1S/C16H19NO2/c1-12-8-9-15(19-12)13(2)17-11-10-14-6-4-5-7-16(14)18-3/h4-9H,10-11H2,1-3H3. The van der Waals surface area contributed by atoms with Gasteiger partial charge in [-0.2, -0.15) is 0 Å². The lowest BCUT2D eigenvalue weighted by Crippen LogP contribution is -1.98. The number of para-hydroxylation sites is 1. The van der Waals surface area contributed by atoms with E-state index < -0.39 is 0 Å². The van der Waals surface area contributed by atoms with Crippen LogP contribution in [0.1, 0.15) is 24.0 Å². The van der Waals surface area contributed by atoms with E-state index in [1.54, 1.807) is 7.11 Å². The summed E-state index contributed by atoms with van der Waals surface area (Å²) in [4.78, 5) is 4.55. The lowest BCUT2D eigenvalue weighted by molar-refractivity contribution is 0.410. The Kier molecular flexibility index (Phi) is 4.39. The molecule has 3 nitrogen and oxygen atoms in total. The molecule has 3 heteroatoms. The Balaban J connectivity index is 1.99. The lowest BCUT2D eigenvalue weighted by Gasteiger charge is -2.06. The summed E-state index contributed by atoms with van der Waals surface area (Å²) in [5.41, 5.74) is 2.11. The average Bonchev–Trinajstić information content (AvgIpc) is 2.86. The first-order valence-corrected chi connectivity index (χ1v) is 6.40. The SMILES string of the molecule is COc1ccccc1CCN=C(C)c1ccc(C)o1. The summed E-state index contributed by atoms with van der Waals surface area (Å²) in [5.74, 6) is 2.68. The van der Waals surface area contributed by atoms with Gasteiger partial charge in [0.1, 0.15) is 17.3 Å². The molecule has 2 aromatic rings. The second-order valence-corrected chi connectivity index (χ2v) is 4.44. The van der Waals surface area contributed by atoms with E-state index in [2.05, 4.69) is 11.1 Å². The monoisotopic (exact) mass is 257 g/mol. The molecule has 0 amide bonds. The normalized spacial score (nSPS) is 11.6. The number of nitrogens with zero attached hydrogens (tertiary/aromatic N) is 1. The molecule has 1 aromatic heterocycles. The molecular weight excluding hydrogens is 238 g/mol. The fourth-order valence-electron chi connectivity index (χ4n) is 1.96. The summed E-state index contributed by atoms with van der Waals surface area (Å²) in [6.07, 6.45) is 0.862. The molecule has 0 aliphatic rings. The number of aliphatic imine (C=N–C) groups is 1. The van der Waals surface area contributed by atoms with Gasteiger partial charge < -0.3 is 9.15 Å². The van der Waals surface area contributed by atoms with E-state index in [0.717, 1.165) is 35.9 Å². The first-order valence-electron chi connectivity index (χ1n) is 6.40. The second-order valence-electron chi connectivity index (χ2n) is 4.44. The molecular formula is C16H19NO2. The van der Waals surface area contributed by atoms with Crippen molar-refractivity contribution >= 4 is 5.71 Å². The van der Waals surface area contributed by atoms with Gasteiger partial charge in [0.05, 0.1) is 12.8 Å². The first kappa shape index (κ1) is 13.4. The van der Waals surface area contributed by atoms with Crippen LogP contribution in [0.4, 0.5) is 0 Å². The number of rotatable bonds is 5. The number of hydrogen-bond donors (Lipinski definition) is 0. The van der Waals surface area contributed by atoms with Crippen LogP contribution < -0.4 is 4.74 Å². The Morgan fingerprint density at radius 3 is 2.68 bits per heavy atom. The Hall–Kier alpha value is -2.03. The third-order valence-corrected chi connectivity index (χ3v) is 3.02. The van der Waals surface area contributed by atoms with E-state index in [0.29, 0.717) is 0 Å². The van der Waals surface area contributed by atoms with Gasteiger partial charge >= 0.3 is 0 Å². The molecule has 0 radical (unpaired) electrons. The molecule has 0 unspecified atom stereocenters. The van der Waals surface area contributed by atoms with E-state index in [1.165, 1.54) is 5.56 Å². The highest BCUT2D eigenvalue weighted by Gasteiger charge is 2.03. The number of benzene rings is 1. The molecule has 2 rings (SSSR count). The maximum Gasteiger partial charge on any atom is 0.147 e. The quantitative estimate of drug-likeness (QED) is 0.766. The van der Waals surface area contributed by atoms with E-state index in [9.17, 15) is 0 Å². The first-order chi connectivity index (χ1) is 9.20. The zero-order valence-electron chi connectivity index (χ0n) is 11.6. The van der Waals surface area contributed by atoms with Crippen molar-refractivity contribution in [3.63, 3.8) is 0 Å². The third kappa shape index (κ3) is 3.47. The minimum atomic E-state index is 0.728. The van der Waals surface area contributed by atoms with Crippen molar-refractivity contribution in [3.8, 4) is 5.75 Å². The number of hydrogen-bond acceptors (Lipinski definition) is 3. The molecule has 0 aliphatic heterocycles. The molecule has 0 aliphatic carbocycles. The highest BCUT2D eigenvalue weighted by atomic mass is 16.5. The fraction of sp³-hybridized carbons (Fsp3) is 0.312. The van der Waals surface area contributed by atoms with Crippen molar-refractivity contribution in [2.45, 2.75) is 20.3 Å². The molecule has 0 saturated carbocycles. The minimum absolute atomic E-state index is 0.728. The van der Waals surface area contributed by atoms with E-state index in [4.69, 9.17) is 9.15 Å². The summed E-state index contributed by atoms with van der Waals surface area (Å²) >= 11 is 0. The van der Waals surface area contributed by atoms with Crippen molar-refractivity contribution in [1.82, 2.24) is 0 Å². The molecule has 19 heavy (non-hydrogen) atoms. The van der Waals surface area contributed by atoms with Crippen LogP contribution >= 0.6 is 0 Å². The van der Waals surface area contributed by atoms with Gasteiger partial charge in [0, 0.05) is 6.54 Å². The zero-order chi connectivity index (χ0) is 13.7. The minimum Gasteiger partial charge on any atom is -0.496 e. The Bertz CT molecular complexity index is 570. The van der Waals surface area contributed by atoms with Crippen molar-refractivity contribution in [2.75, 3.05) is 13.7 Å². The third-order valence-electron chi connectivity index (χ3n) is 3.02. The summed E-state index contributed by atoms with van der Waals surface area (Å²) in [6, 6.07) is 11.9. The van der Waals surface area contributed by atoms with Gasteiger partial charge in [0.2, 0.25) is 0 Å². The largest absolute Gasteiger partial charge is 0.496 e. The maximum absolute atomic E-state index is 5.54. The maximum atomic E-state index is 5.54. The topological polar surface area (TPSA) is 34.7 Å². The zero-order valence-corrected chi connectivity index (χ0v) is 11.6. The van der Waals surface area contributed by atoms with Gasteiger partial charge in [-0.1, -0.05) is 18.2 Å². The van der Waals surface area contributed by atoms with Gasteiger partial charge in [0.25, 0.3) is 0 Å². The number of methoxy groups -OCH3 is 1. The number of furan rings is 1. The summed E-state index contributed by atoms with van der Waals surface area (Å²) in [7, 11) is 1.69. The predicted octanol–water partition coefficient (Wildman–Crippen LogP) is 3.65.